The van der Waals surface area contributed by atoms with Gasteiger partial charge in [-0.2, -0.15) is 0 Å². The van der Waals surface area contributed by atoms with Gasteiger partial charge in [0.2, 0.25) is 5.91 Å². The summed E-state index contributed by atoms with van der Waals surface area (Å²) in [6.07, 6.45) is 1.57. The first-order valence-electron chi connectivity index (χ1n) is 7.73. The van der Waals surface area contributed by atoms with E-state index >= 15 is 0 Å². The van der Waals surface area contributed by atoms with Gasteiger partial charge < -0.3 is 14.3 Å². The molecule has 1 atom stereocenters. The first-order valence-corrected chi connectivity index (χ1v) is 8.61. The number of hydrogen-bond donors (Lipinski definition) is 1. The first kappa shape index (κ1) is 18.1. The molecule has 26 heavy (non-hydrogen) atoms. The summed E-state index contributed by atoms with van der Waals surface area (Å²) < 4.78 is 33.9. The van der Waals surface area contributed by atoms with Crippen LogP contribution in [0.4, 0.5) is 14.5 Å². The van der Waals surface area contributed by atoms with Crippen LogP contribution in [0.5, 0.6) is 0 Å². The lowest BCUT2D eigenvalue weighted by Gasteiger charge is -2.12. The van der Waals surface area contributed by atoms with Crippen molar-refractivity contribution in [1.29, 1.82) is 0 Å². The third kappa shape index (κ3) is 3.62. The minimum Gasteiger partial charge on any atom is -0.469 e. The Morgan fingerprint density at radius 3 is 2.77 bits per heavy atom. The van der Waals surface area contributed by atoms with Gasteiger partial charge in [0.25, 0.3) is 0 Å². The van der Waals surface area contributed by atoms with E-state index in [4.69, 9.17) is 4.42 Å². The Kier molecular flexibility index (Phi) is 5.08. The number of halogens is 2. The normalized spacial score (nSPS) is 12.2. The molecule has 0 aliphatic heterocycles. The average Bonchev–Trinajstić information content (AvgIpc) is 3.17. The number of carbonyl (C=O) groups is 1. The second kappa shape index (κ2) is 7.28. The highest BCUT2D eigenvalue weighted by molar-refractivity contribution is 8.00. The molecule has 1 amide bonds. The number of aromatic nitrogens is 3. The van der Waals surface area contributed by atoms with Gasteiger partial charge in [-0.15, -0.1) is 10.2 Å². The lowest BCUT2D eigenvalue weighted by molar-refractivity contribution is -0.115. The van der Waals surface area contributed by atoms with Gasteiger partial charge in [-0.05, 0) is 32.0 Å². The van der Waals surface area contributed by atoms with Crippen molar-refractivity contribution in [2.45, 2.75) is 24.3 Å². The minimum atomic E-state index is -0.701. The van der Waals surface area contributed by atoms with Crippen molar-refractivity contribution in [3.05, 3.63) is 47.9 Å². The summed E-state index contributed by atoms with van der Waals surface area (Å²) in [7, 11) is 1.78. The number of hydrogen-bond acceptors (Lipinski definition) is 5. The van der Waals surface area contributed by atoms with Crippen molar-refractivity contribution in [2.24, 2.45) is 7.05 Å². The fraction of sp³-hybridized carbons (Fsp3) is 0.235. The van der Waals surface area contributed by atoms with Gasteiger partial charge >= 0.3 is 0 Å². The highest BCUT2D eigenvalue weighted by Gasteiger charge is 2.21. The summed E-state index contributed by atoms with van der Waals surface area (Å²) in [6.45, 7) is 3.47. The standard InChI is InChI=1S/C17H16F2N4O2S/c1-9-12(6-7-25-9)15-21-22-17(23(15)3)26-10(2)16(24)20-14-8-11(18)4-5-13(14)19/h4-8,10H,1-3H3,(H,20,24). The Morgan fingerprint density at radius 1 is 1.31 bits per heavy atom. The van der Waals surface area contributed by atoms with Crippen LogP contribution in [-0.2, 0) is 11.8 Å². The molecule has 0 spiro atoms. The quantitative estimate of drug-likeness (QED) is 0.684. The molecule has 1 unspecified atom stereocenters. The fourth-order valence-corrected chi connectivity index (χ4v) is 3.12. The Balaban J connectivity index is 1.73. The molecule has 136 valence electrons. The largest absolute Gasteiger partial charge is 0.469 e. The summed E-state index contributed by atoms with van der Waals surface area (Å²) in [6, 6.07) is 4.68. The molecule has 0 bridgehead atoms. The second-order valence-electron chi connectivity index (χ2n) is 5.63. The zero-order chi connectivity index (χ0) is 18.8. The van der Waals surface area contributed by atoms with E-state index < -0.39 is 22.8 Å². The summed E-state index contributed by atoms with van der Waals surface area (Å²) >= 11 is 1.16. The fourth-order valence-electron chi connectivity index (χ4n) is 2.31. The summed E-state index contributed by atoms with van der Waals surface area (Å²) in [5.74, 6) is -0.473. The van der Waals surface area contributed by atoms with Gasteiger partial charge in [0.05, 0.1) is 22.8 Å². The molecule has 3 rings (SSSR count). The molecular weight excluding hydrogens is 362 g/mol. The molecule has 2 heterocycles. The molecular formula is C17H16F2N4O2S. The molecule has 0 fully saturated rings. The highest BCUT2D eigenvalue weighted by Crippen LogP contribution is 2.28. The van der Waals surface area contributed by atoms with Crippen LogP contribution in [0.2, 0.25) is 0 Å². The molecule has 1 aromatic carbocycles. The first-order chi connectivity index (χ1) is 12.4. The topological polar surface area (TPSA) is 72.9 Å². The van der Waals surface area contributed by atoms with Crippen LogP contribution < -0.4 is 5.32 Å². The monoisotopic (exact) mass is 378 g/mol. The maximum absolute atomic E-state index is 13.7. The van der Waals surface area contributed by atoms with Crippen molar-refractivity contribution in [1.82, 2.24) is 14.8 Å². The predicted molar refractivity (Wildman–Crippen MR) is 93.7 cm³/mol. The van der Waals surface area contributed by atoms with Crippen molar-refractivity contribution in [3.63, 3.8) is 0 Å². The van der Waals surface area contributed by atoms with Crippen LogP contribution in [0.15, 0.2) is 40.1 Å². The van der Waals surface area contributed by atoms with Gasteiger partial charge in [0.1, 0.15) is 17.4 Å². The number of anilines is 1. The molecule has 3 aromatic rings. The van der Waals surface area contributed by atoms with E-state index in [0.29, 0.717) is 16.7 Å². The average molecular weight is 378 g/mol. The predicted octanol–water partition coefficient (Wildman–Crippen LogP) is 3.78. The van der Waals surface area contributed by atoms with E-state index in [1.807, 2.05) is 6.92 Å². The van der Waals surface area contributed by atoms with Crippen molar-refractivity contribution >= 4 is 23.4 Å². The molecule has 1 N–H and O–H groups in total. The Morgan fingerprint density at radius 2 is 2.08 bits per heavy atom. The number of thioether (sulfide) groups is 1. The van der Waals surface area contributed by atoms with Crippen LogP contribution in [-0.4, -0.2) is 25.9 Å². The highest BCUT2D eigenvalue weighted by atomic mass is 32.2. The maximum atomic E-state index is 13.7. The molecule has 2 aromatic heterocycles. The van der Waals surface area contributed by atoms with Crippen LogP contribution in [0.3, 0.4) is 0 Å². The Hall–Kier alpha value is -2.68. The van der Waals surface area contributed by atoms with E-state index in [2.05, 4.69) is 15.5 Å². The summed E-state index contributed by atoms with van der Waals surface area (Å²) in [5.41, 5.74) is 0.612. The number of rotatable bonds is 5. The van der Waals surface area contributed by atoms with Crippen LogP contribution in [0.25, 0.3) is 11.4 Å². The molecule has 6 nitrogen and oxygen atoms in total. The Bertz CT molecular complexity index is 954. The molecule has 0 saturated carbocycles. The number of benzene rings is 1. The van der Waals surface area contributed by atoms with Gasteiger partial charge in [-0.3, -0.25) is 4.79 Å². The number of amides is 1. The SMILES string of the molecule is Cc1occc1-c1nnc(SC(C)C(=O)Nc2cc(F)ccc2F)n1C. The summed E-state index contributed by atoms with van der Waals surface area (Å²) in [5, 5.41) is 10.5. The smallest absolute Gasteiger partial charge is 0.237 e. The second-order valence-corrected chi connectivity index (χ2v) is 6.94. The minimum absolute atomic E-state index is 0.199. The van der Waals surface area contributed by atoms with Gasteiger partial charge in [0.15, 0.2) is 11.0 Å². The van der Waals surface area contributed by atoms with E-state index in [1.165, 1.54) is 0 Å². The van der Waals surface area contributed by atoms with Crippen LogP contribution in [0, 0.1) is 18.6 Å². The van der Waals surface area contributed by atoms with Gasteiger partial charge in [-0.25, -0.2) is 8.78 Å². The van der Waals surface area contributed by atoms with Crippen molar-refractivity contribution in [2.75, 3.05) is 5.32 Å². The lowest BCUT2D eigenvalue weighted by atomic mass is 10.2. The number of furan rings is 1. The number of nitrogens with one attached hydrogen (secondary N) is 1. The number of carbonyl (C=O) groups excluding carboxylic acids is 1. The molecule has 0 aliphatic rings. The maximum Gasteiger partial charge on any atom is 0.237 e. The van der Waals surface area contributed by atoms with E-state index in [-0.39, 0.29) is 5.69 Å². The molecule has 0 radical (unpaired) electrons. The van der Waals surface area contributed by atoms with Gasteiger partial charge in [0, 0.05) is 13.1 Å². The third-order valence-electron chi connectivity index (χ3n) is 3.77. The van der Waals surface area contributed by atoms with Crippen LogP contribution in [0.1, 0.15) is 12.7 Å². The molecule has 0 saturated heterocycles. The number of nitrogens with zero attached hydrogens (tertiary/aromatic N) is 3. The molecule has 0 aliphatic carbocycles. The van der Waals surface area contributed by atoms with Gasteiger partial charge in [-0.1, -0.05) is 11.8 Å². The summed E-state index contributed by atoms with van der Waals surface area (Å²) in [4.78, 5) is 12.3. The number of aryl methyl sites for hydroxylation is 1. The zero-order valence-corrected chi connectivity index (χ0v) is 15.1. The lowest BCUT2D eigenvalue weighted by Crippen LogP contribution is -2.23. The van der Waals surface area contributed by atoms with Crippen LogP contribution >= 0.6 is 11.8 Å². The molecule has 9 heteroatoms. The van der Waals surface area contributed by atoms with Crippen molar-refractivity contribution in [3.8, 4) is 11.4 Å². The van der Waals surface area contributed by atoms with E-state index in [0.717, 1.165) is 35.5 Å². The van der Waals surface area contributed by atoms with E-state index in [1.54, 1.807) is 30.9 Å². The van der Waals surface area contributed by atoms with Crippen molar-refractivity contribution < 1.29 is 18.0 Å². The van der Waals surface area contributed by atoms with E-state index in [9.17, 15) is 13.6 Å². The third-order valence-corrected chi connectivity index (χ3v) is 4.91. The zero-order valence-electron chi connectivity index (χ0n) is 14.3. The Labute approximate surface area is 152 Å².